The van der Waals surface area contributed by atoms with Crippen molar-refractivity contribution in [2.45, 2.75) is 76.0 Å². The number of carbonyl (C=O) groups excluding carboxylic acids is 2. The molecule has 222 valence electrons. The molecule has 2 aromatic rings. The molecule has 3 aliphatic rings. The summed E-state index contributed by atoms with van der Waals surface area (Å²) in [5.74, 6) is 0.795. The Morgan fingerprint density at radius 3 is 2.54 bits per heavy atom. The molecule has 1 atom stereocenters. The summed E-state index contributed by atoms with van der Waals surface area (Å²) >= 11 is 12.8. The van der Waals surface area contributed by atoms with Gasteiger partial charge in [0.2, 0.25) is 5.91 Å². The maximum atomic E-state index is 13.0. The Hall–Kier alpha value is -2.39. The van der Waals surface area contributed by atoms with Crippen molar-refractivity contribution in [1.29, 1.82) is 0 Å². The van der Waals surface area contributed by atoms with Crippen molar-refractivity contribution < 1.29 is 14.3 Å². The van der Waals surface area contributed by atoms with Crippen molar-refractivity contribution in [3.8, 4) is 0 Å². The minimum atomic E-state index is -0.484. The van der Waals surface area contributed by atoms with Crippen LogP contribution in [-0.4, -0.2) is 83.7 Å². The van der Waals surface area contributed by atoms with Crippen LogP contribution in [0.1, 0.15) is 58.4 Å². The van der Waals surface area contributed by atoms with Crippen LogP contribution in [0.15, 0.2) is 42.6 Å². The zero-order valence-electron chi connectivity index (χ0n) is 24.2. The van der Waals surface area contributed by atoms with Crippen LogP contribution in [-0.2, 0) is 14.9 Å². The fourth-order valence-corrected chi connectivity index (χ4v) is 6.59. The van der Waals surface area contributed by atoms with E-state index in [9.17, 15) is 9.59 Å². The minimum Gasteiger partial charge on any atom is -0.444 e. The van der Waals surface area contributed by atoms with Crippen molar-refractivity contribution in [2.75, 3.05) is 44.2 Å². The Morgan fingerprint density at radius 2 is 1.88 bits per heavy atom. The molecule has 3 aliphatic heterocycles. The minimum absolute atomic E-state index is 0.105. The molecule has 0 bridgehead atoms. The van der Waals surface area contributed by atoms with E-state index in [1.165, 1.54) is 0 Å². The first kappa shape index (κ1) is 30.1. The van der Waals surface area contributed by atoms with Gasteiger partial charge in [0, 0.05) is 62.8 Å². The number of pyridine rings is 1. The van der Waals surface area contributed by atoms with Gasteiger partial charge in [-0.25, -0.2) is 9.78 Å². The van der Waals surface area contributed by atoms with Crippen molar-refractivity contribution in [3.05, 3.63) is 58.2 Å². The summed E-state index contributed by atoms with van der Waals surface area (Å²) in [6.07, 6.45) is 5.42. The first-order chi connectivity index (χ1) is 19.5. The van der Waals surface area contributed by atoms with Gasteiger partial charge in [-0.15, -0.1) is 0 Å². The average Bonchev–Trinajstić information content (AvgIpc) is 2.90. The van der Waals surface area contributed by atoms with Crippen molar-refractivity contribution in [1.82, 2.24) is 20.1 Å². The predicted molar refractivity (Wildman–Crippen MR) is 163 cm³/mol. The first-order valence-electron chi connectivity index (χ1n) is 14.6. The number of hydrogen-bond donors (Lipinski definition) is 1. The van der Waals surface area contributed by atoms with Gasteiger partial charge in [-0.2, -0.15) is 0 Å². The number of amides is 2. The lowest BCUT2D eigenvalue weighted by molar-refractivity contribution is -0.120. The molecule has 1 N–H and O–H groups in total. The van der Waals surface area contributed by atoms with Gasteiger partial charge in [0.25, 0.3) is 0 Å². The molecule has 0 radical (unpaired) electrons. The lowest BCUT2D eigenvalue weighted by Gasteiger charge is -2.49. The predicted octanol–water partition coefficient (Wildman–Crippen LogP) is 5.52. The molecule has 3 saturated heterocycles. The van der Waals surface area contributed by atoms with Crippen LogP contribution >= 0.6 is 23.2 Å². The quantitative estimate of drug-likeness (QED) is 0.450. The van der Waals surface area contributed by atoms with E-state index in [0.29, 0.717) is 34.9 Å². The molecule has 0 spiro atoms. The van der Waals surface area contributed by atoms with Crippen LogP contribution in [0.25, 0.3) is 0 Å². The smallest absolute Gasteiger partial charge is 0.407 e. The molecule has 1 aromatic heterocycles. The zero-order chi connectivity index (χ0) is 29.2. The summed E-state index contributed by atoms with van der Waals surface area (Å²) in [7, 11) is 0. The highest BCUT2D eigenvalue weighted by molar-refractivity contribution is 6.42. The summed E-state index contributed by atoms with van der Waals surface area (Å²) in [5, 5.41) is 4.11. The molecule has 10 heteroatoms. The lowest BCUT2D eigenvalue weighted by atomic mass is 9.71. The fraction of sp³-hybridized carbons (Fsp3) is 0.581. The number of rotatable bonds is 7. The molecule has 41 heavy (non-hydrogen) atoms. The second-order valence-corrected chi connectivity index (χ2v) is 13.5. The number of nitrogens with one attached hydrogen (secondary N) is 1. The highest BCUT2D eigenvalue weighted by Crippen LogP contribution is 2.41. The number of anilines is 1. The number of likely N-dealkylation sites (tertiary alicyclic amines) is 2. The van der Waals surface area contributed by atoms with E-state index >= 15 is 0 Å². The molecule has 4 heterocycles. The van der Waals surface area contributed by atoms with E-state index in [1.54, 1.807) is 6.20 Å². The van der Waals surface area contributed by atoms with E-state index in [4.69, 9.17) is 27.9 Å². The number of aromatic nitrogens is 1. The second kappa shape index (κ2) is 12.5. The van der Waals surface area contributed by atoms with E-state index in [-0.39, 0.29) is 23.5 Å². The lowest BCUT2D eigenvalue weighted by Crippen LogP contribution is -2.62. The molecular weight excluding hydrogens is 561 g/mol. The number of ether oxygens (including phenoxy) is 1. The monoisotopic (exact) mass is 601 g/mol. The van der Waals surface area contributed by atoms with Gasteiger partial charge >= 0.3 is 6.09 Å². The molecule has 1 unspecified atom stereocenters. The largest absolute Gasteiger partial charge is 0.444 e. The third-order valence-electron chi connectivity index (χ3n) is 8.65. The molecular formula is C31H41Cl2N5O3. The van der Waals surface area contributed by atoms with Crippen LogP contribution in [0.4, 0.5) is 10.6 Å². The Balaban J connectivity index is 1.18. The van der Waals surface area contributed by atoms with E-state index < -0.39 is 5.60 Å². The zero-order valence-corrected chi connectivity index (χ0v) is 25.8. The highest BCUT2D eigenvalue weighted by atomic mass is 35.5. The molecule has 0 saturated carbocycles. The van der Waals surface area contributed by atoms with Gasteiger partial charge in [-0.3, -0.25) is 14.6 Å². The molecule has 1 aromatic carbocycles. The number of nitrogens with zero attached hydrogens (tertiary/aromatic N) is 4. The topological polar surface area (TPSA) is 78.0 Å². The summed E-state index contributed by atoms with van der Waals surface area (Å²) in [4.78, 5) is 36.5. The number of piperidine rings is 2. The molecule has 0 aliphatic carbocycles. The molecule has 2 amide bonds. The number of benzene rings is 1. The summed E-state index contributed by atoms with van der Waals surface area (Å²) in [6, 6.07) is 12.3. The second-order valence-electron chi connectivity index (χ2n) is 12.7. The fourth-order valence-electron chi connectivity index (χ4n) is 6.29. The summed E-state index contributed by atoms with van der Waals surface area (Å²) in [5.41, 5.74) is 0.399. The molecule has 5 rings (SSSR count). The van der Waals surface area contributed by atoms with Crippen molar-refractivity contribution >= 4 is 41.0 Å². The number of alkyl carbamates (subject to hydrolysis) is 1. The normalized spacial score (nSPS) is 23.3. The number of halogens is 2. The maximum Gasteiger partial charge on any atom is 0.407 e. The maximum absolute atomic E-state index is 13.0. The van der Waals surface area contributed by atoms with Crippen LogP contribution in [0, 0.1) is 0 Å². The van der Waals surface area contributed by atoms with E-state index in [1.807, 2.05) is 56.0 Å². The van der Waals surface area contributed by atoms with Crippen LogP contribution in [0.5, 0.6) is 0 Å². The van der Waals surface area contributed by atoms with Gasteiger partial charge in [-0.1, -0.05) is 35.3 Å². The average molecular weight is 603 g/mol. The Bertz CT molecular complexity index is 1230. The molecule has 8 nitrogen and oxygen atoms in total. The highest BCUT2D eigenvalue weighted by Gasteiger charge is 2.43. The van der Waals surface area contributed by atoms with Gasteiger partial charge in [-0.05, 0) is 82.8 Å². The Kier molecular flexibility index (Phi) is 9.14. The number of carbonyl (C=O) groups is 2. The van der Waals surface area contributed by atoms with Crippen LogP contribution in [0.3, 0.4) is 0 Å². The summed E-state index contributed by atoms with van der Waals surface area (Å²) in [6.45, 7) is 11.2. The van der Waals surface area contributed by atoms with Gasteiger partial charge in [0.05, 0.1) is 10.0 Å². The van der Waals surface area contributed by atoms with E-state index in [0.717, 1.165) is 64.0 Å². The first-order valence-corrected chi connectivity index (χ1v) is 15.4. The third-order valence-corrected chi connectivity index (χ3v) is 9.39. The third kappa shape index (κ3) is 7.34. The SMILES string of the molecule is CC(C)(C)OC(=O)NC1CCN(C2CN(CCC3(c4ccc(Cl)c(Cl)c4)CCC(=O)N(c4ccccn4)C3)C2)CC1. The van der Waals surface area contributed by atoms with Gasteiger partial charge in [0.15, 0.2) is 0 Å². The van der Waals surface area contributed by atoms with Gasteiger partial charge < -0.3 is 15.0 Å². The number of hydrogen-bond acceptors (Lipinski definition) is 6. The Labute approximate surface area is 253 Å². The Morgan fingerprint density at radius 1 is 1.12 bits per heavy atom. The standard InChI is InChI=1S/C31H41Cl2N5O3/c1-30(2,3)41-29(40)35-23-10-15-37(16-11-23)24-19-36(20-24)17-13-31(22-7-8-25(32)26(33)18-22)12-9-28(39)38(21-31)27-6-4-5-14-34-27/h4-8,14,18,23-24H,9-13,15-17,19-21H2,1-3H3,(H,35,40). The summed E-state index contributed by atoms with van der Waals surface area (Å²) < 4.78 is 5.42. The van der Waals surface area contributed by atoms with E-state index in [2.05, 4.69) is 26.2 Å². The van der Waals surface area contributed by atoms with Crippen molar-refractivity contribution in [2.24, 2.45) is 0 Å². The van der Waals surface area contributed by atoms with Crippen LogP contribution < -0.4 is 10.2 Å². The van der Waals surface area contributed by atoms with Gasteiger partial charge in [0.1, 0.15) is 11.4 Å². The van der Waals surface area contributed by atoms with Crippen molar-refractivity contribution in [3.63, 3.8) is 0 Å². The van der Waals surface area contributed by atoms with Crippen LogP contribution in [0.2, 0.25) is 10.0 Å². The molecule has 3 fully saturated rings.